The Labute approximate surface area is 150 Å². The largest absolute Gasteiger partial charge is 0.206 e. The summed E-state index contributed by atoms with van der Waals surface area (Å²) in [6.07, 6.45) is 7.50. The minimum atomic E-state index is -0.115. The maximum absolute atomic E-state index is 15.0. The molecule has 130 valence electrons. The number of hydrogen-bond donors (Lipinski definition) is 0. The number of halogens is 1. The molecule has 1 heteroatoms. The van der Waals surface area contributed by atoms with Crippen LogP contribution in [0.1, 0.15) is 50.2 Å². The predicted octanol–water partition coefficient (Wildman–Crippen LogP) is 7.47. The fraction of sp³-hybridized carbons (Fsp3) is 0.333. The van der Waals surface area contributed by atoms with Gasteiger partial charge in [-0.2, -0.15) is 0 Å². The molecule has 25 heavy (non-hydrogen) atoms. The van der Waals surface area contributed by atoms with Crippen molar-refractivity contribution in [2.75, 3.05) is 0 Å². The summed E-state index contributed by atoms with van der Waals surface area (Å²) in [5.41, 5.74) is 4.12. The molecule has 0 saturated heterocycles. The fourth-order valence-electron chi connectivity index (χ4n) is 3.39. The SMILES string of the molecule is CCCCCCCc1ccc2c(F)c(-c3ccc(C)cc3)ccc2c1. The summed E-state index contributed by atoms with van der Waals surface area (Å²) >= 11 is 0. The summed E-state index contributed by atoms with van der Waals surface area (Å²) in [5.74, 6) is -0.115. The van der Waals surface area contributed by atoms with E-state index in [-0.39, 0.29) is 5.82 Å². The molecule has 0 spiro atoms. The van der Waals surface area contributed by atoms with Crippen LogP contribution < -0.4 is 0 Å². The Morgan fingerprint density at radius 3 is 2.32 bits per heavy atom. The van der Waals surface area contributed by atoms with Gasteiger partial charge in [0.15, 0.2) is 0 Å². The van der Waals surface area contributed by atoms with Gasteiger partial charge < -0.3 is 0 Å². The molecule has 3 aromatic rings. The molecule has 0 N–H and O–H groups in total. The molecule has 0 saturated carbocycles. The van der Waals surface area contributed by atoms with Crippen LogP contribution in [0.25, 0.3) is 21.9 Å². The van der Waals surface area contributed by atoms with E-state index in [0.717, 1.165) is 17.4 Å². The Kier molecular flexibility index (Phi) is 5.86. The van der Waals surface area contributed by atoms with E-state index in [1.54, 1.807) is 0 Å². The molecule has 3 aromatic carbocycles. The fourth-order valence-corrected chi connectivity index (χ4v) is 3.39. The van der Waals surface area contributed by atoms with E-state index in [1.807, 2.05) is 49.4 Å². The first-order valence-electron chi connectivity index (χ1n) is 9.47. The minimum Gasteiger partial charge on any atom is -0.206 e. The van der Waals surface area contributed by atoms with Gasteiger partial charge in [-0.05, 0) is 36.3 Å². The van der Waals surface area contributed by atoms with Crippen molar-refractivity contribution in [2.45, 2.75) is 52.4 Å². The van der Waals surface area contributed by atoms with Gasteiger partial charge in [0, 0.05) is 10.9 Å². The van der Waals surface area contributed by atoms with Gasteiger partial charge in [0.2, 0.25) is 0 Å². The predicted molar refractivity (Wildman–Crippen MR) is 107 cm³/mol. The first kappa shape index (κ1) is 17.7. The average Bonchev–Trinajstić information content (AvgIpc) is 2.63. The van der Waals surface area contributed by atoms with Crippen molar-refractivity contribution in [2.24, 2.45) is 0 Å². The zero-order valence-corrected chi connectivity index (χ0v) is 15.3. The third-order valence-corrected chi connectivity index (χ3v) is 4.95. The van der Waals surface area contributed by atoms with Gasteiger partial charge in [-0.15, -0.1) is 0 Å². The molecule has 0 atom stereocenters. The standard InChI is InChI=1S/C24H27F/c1-3-4-5-6-7-8-19-11-15-23-21(17-19)14-16-22(24(23)25)20-12-9-18(2)10-13-20/h9-17H,3-8H2,1-2H3. The Balaban J connectivity index is 1.80. The summed E-state index contributed by atoms with van der Waals surface area (Å²) in [5, 5.41) is 1.72. The van der Waals surface area contributed by atoms with Crippen molar-refractivity contribution in [3.05, 3.63) is 71.5 Å². The smallest absolute Gasteiger partial charge is 0.138 e. The highest BCUT2D eigenvalue weighted by molar-refractivity contribution is 5.88. The molecular formula is C24H27F. The molecule has 0 aliphatic heterocycles. The molecule has 3 rings (SSSR count). The van der Waals surface area contributed by atoms with Crippen LogP contribution >= 0.6 is 0 Å². The lowest BCUT2D eigenvalue weighted by Crippen LogP contribution is -1.90. The summed E-state index contributed by atoms with van der Waals surface area (Å²) in [4.78, 5) is 0. The molecule has 0 fully saturated rings. The van der Waals surface area contributed by atoms with Crippen LogP contribution in [0, 0.1) is 12.7 Å². The highest BCUT2D eigenvalue weighted by atomic mass is 19.1. The molecular weight excluding hydrogens is 307 g/mol. The maximum Gasteiger partial charge on any atom is 0.138 e. The summed E-state index contributed by atoms with van der Waals surface area (Å²) in [6, 6.07) is 18.2. The molecule has 0 bridgehead atoms. The number of rotatable bonds is 7. The summed E-state index contributed by atoms with van der Waals surface area (Å²) < 4.78 is 15.0. The Bertz CT molecular complexity index is 831. The molecule has 0 nitrogen and oxygen atoms in total. The molecule has 0 aliphatic carbocycles. The van der Waals surface area contributed by atoms with Crippen LogP contribution in [-0.4, -0.2) is 0 Å². The molecule has 0 unspecified atom stereocenters. The zero-order valence-electron chi connectivity index (χ0n) is 15.3. The van der Waals surface area contributed by atoms with Gasteiger partial charge in [-0.3, -0.25) is 0 Å². The van der Waals surface area contributed by atoms with Gasteiger partial charge >= 0.3 is 0 Å². The van der Waals surface area contributed by atoms with E-state index >= 15 is 0 Å². The molecule has 0 amide bonds. The second-order valence-electron chi connectivity index (χ2n) is 7.01. The van der Waals surface area contributed by atoms with Crippen LogP contribution in [0.15, 0.2) is 54.6 Å². The van der Waals surface area contributed by atoms with Crippen molar-refractivity contribution < 1.29 is 4.39 Å². The lowest BCUT2D eigenvalue weighted by molar-refractivity contribution is 0.632. The maximum atomic E-state index is 15.0. The monoisotopic (exact) mass is 334 g/mol. The topological polar surface area (TPSA) is 0 Å². The molecule has 0 heterocycles. The average molecular weight is 334 g/mol. The number of benzene rings is 3. The van der Waals surface area contributed by atoms with Crippen LogP contribution in [0.4, 0.5) is 4.39 Å². The minimum absolute atomic E-state index is 0.115. The molecule has 0 aliphatic rings. The van der Waals surface area contributed by atoms with E-state index in [0.29, 0.717) is 10.9 Å². The number of aryl methyl sites for hydroxylation is 2. The van der Waals surface area contributed by atoms with E-state index in [4.69, 9.17) is 0 Å². The van der Waals surface area contributed by atoms with E-state index in [2.05, 4.69) is 19.1 Å². The Hall–Kier alpha value is -2.15. The van der Waals surface area contributed by atoms with Crippen molar-refractivity contribution in [1.29, 1.82) is 0 Å². The van der Waals surface area contributed by atoms with Crippen LogP contribution in [-0.2, 0) is 6.42 Å². The summed E-state index contributed by atoms with van der Waals surface area (Å²) in [7, 11) is 0. The Morgan fingerprint density at radius 2 is 1.56 bits per heavy atom. The number of hydrogen-bond acceptors (Lipinski definition) is 0. The van der Waals surface area contributed by atoms with Crippen LogP contribution in [0.2, 0.25) is 0 Å². The second kappa shape index (κ2) is 8.29. The third kappa shape index (κ3) is 4.28. The van der Waals surface area contributed by atoms with E-state index in [1.165, 1.54) is 43.2 Å². The van der Waals surface area contributed by atoms with E-state index < -0.39 is 0 Å². The molecule has 0 radical (unpaired) electrons. The van der Waals surface area contributed by atoms with Gasteiger partial charge in [0.25, 0.3) is 0 Å². The zero-order chi connectivity index (χ0) is 17.6. The van der Waals surface area contributed by atoms with Gasteiger partial charge in [-0.1, -0.05) is 92.8 Å². The second-order valence-corrected chi connectivity index (χ2v) is 7.01. The van der Waals surface area contributed by atoms with Crippen molar-refractivity contribution in [1.82, 2.24) is 0 Å². The summed E-state index contributed by atoms with van der Waals surface area (Å²) in [6.45, 7) is 4.28. The van der Waals surface area contributed by atoms with Crippen molar-refractivity contribution >= 4 is 10.8 Å². The lowest BCUT2D eigenvalue weighted by Gasteiger charge is -2.09. The molecule has 0 aromatic heterocycles. The quantitative estimate of drug-likeness (QED) is 0.393. The third-order valence-electron chi connectivity index (χ3n) is 4.95. The normalized spacial score (nSPS) is 11.2. The van der Waals surface area contributed by atoms with E-state index in [9.17, 15) is 4.39 Å². The van der Waals surface area contributed by atoms with Crippen LogP contribution in [0.3, 0.4) is 0 Å². The van der Waals surface area contributed by atoms with Crippen molar-refractivity contribution in [3.8, 4) is 11.1 Å². The van der Waals surface area contributed by atoms with Crippen LogP contribution in [0.5, 0.6) is 0 Å². The first-order chi connectivity index (χ1) is 12.2. The highest BCUT2D eigenvalue weighted by Crippen LogP contribution is 2.30. The van der Waals surface area contributed by atoms with Gasteiger partial charge in [-0.25, -0.2) is 4.39 Å². The highest BCUT2D eigenvalue weighted by Gasteiger charge is 2.09. The first-order valence-corrected chi connectivity index (χ1v) is 9.47. The van der Waals surface area contributed by atoms with Crippen molar-refractivity contribution in [3.63, 3.8) is 0 Å². The van der Waals surface area contributed by atoms with Gasteiger partial charge in [0.1, 0.15) is 5.82 Å². The number of fused-ring (bicyclic) bond motifs is 1. The lowest BCUT2D eigenvalue weighted by atomic mass is 9.97. The number of unbranched alkanes of at least 4 members (excludes halogenated alkanes) is 4. The van der Waals surface area contributed by atoms with Gasteiger partial charge in [0.05, 0.1) is 0 Å². The Morgan fingerprint density at radius 1 is 0.800 bits per heavy atom.